The Labute approximate surface area is 88.4 Å². The van der Waals surface area contributed by atoms with Gasteiger partial charge >= 0.3 is 0 Å². The predicted molar refractivity (Wildman–Crippen MR) is 58.5 cm³/mol. The molecule has 3 rings (SSSR count). The smallest absolute Gasteiger partial charge is 0.299 e. The normalized spacial score (nSPS) is 11.6. The van der Waals surface area contributed by atoms with Gasteiger partial charge in [-0.2, -0.15) is 9.61 Å². The molecule has 76 valence electrons. The van der Waals surface area contributed by atoms with Crippen molar-refractivity contribution in [1.82, 2.24) is 19.6 Å². The third-order valence-corrected chi connectivity index (χ3v) is 3.04. The van der Waals surface area contributed by atoms with Gasteiger partial charge in [0, 0.05) is 5.69 Å². The zero-order valence-corrected chi connectivity index (χ0v) is 9.05. The fourth-order valence-electron chi connectivity index (χ4n) is 1.62. The van der Waals surface area contributed by atoms with Crippen molar-refractivity contribution in [3.05, 3.63) is 27.1 Å². The van der Waals surface area contributed by atoms with Crippen LogP contribution >= 0.6 is 11.3 Å². The highest BCUT2D eigenvalue weighted by molar-refractivity contribution is 7.16. The first-order chi connectivity index (χ1) is 7.15. The second-order valence-corrected chi connectivity index (χ2v) is 4.61. The van der Waals surface area contributed by atoms with E-state index in [9.17, 15) is 4.79 Å². The Hall–Kier alpha value is -1.69. The van der Waals surface area contributed by atoms with Crippen LogP contribution < -0.4 is 5.56 Å². The largest absolute Gasteiger partial charge is 0.353 e. The van der Waals surface area contributed by atoms with Gasteiger partial charge < -0.3 is 4.98 Å². The molecule has 0 saturated carbocycles. The Bertz CT molecular complexity index is 663. The Morgan fingerprint density at radius 1 is 1.47 bits per heavy atom. The van der Waals surface area contributed by atoms with Crippen LogP contribution in [0.15, 0.2) is 10.9 Å². The van der Waals surface area contributed by atoms with Gasteiger partial charge in [0.25, 0.3) is 5.56 Å². The predicted octanol–water partition coefficient (Wildman–Crippen LogP) is 1.25. The molecule has 5 nitrogen and oxygen atoms in total. The Balaban J connectivity index is 2.62. The summed E-state index contributed by atoms with van der Waals surface area (Å²) in [6.07, 6.45) is 0. The Morgan fingerprint density at radius 2 is 2.27 bits per heavy atom. The van der Waals surface area contributed by atoms with Gasteiger partial charge in [-0.25, -0.2) is 4.98 Å². The Morgan fingerprint density at radius 3 is 3.07 bits per heavy atom. The number of fused-ring (bicyclic) bond motifs is 2. The first-order valence-corrected chi connectivity index (χ1v) is 5.32. The van der Waals surface area contributed by atoms with Crippen LogP contribution in [-0.4, -0.2) is 19.6 Å². The lowest BCUT2D eigenvalue weighted by molar-refractivity contribution is 0.892. The number of hydrogen-bond acceptors (Lipinski definition) is 4. The molecule has 3 heterocycles. The lowest BCUT2D eigenvalue weighted by Crippen LogP contribution is -2.15. The fourth-order valence-corrected chi connectivity index (χ4v) is 2.36. The van der Waals surface area contributed by atoms with Crippen LogP contribution in [0.5, 0.6) is 0 Å². The highest BCUT2D eigenvalue weighted by atomic mass is 32.1. The molecule has 0 aliphatic heterocycles. The summed E-state index contributed by atoms with van der Waals surface area (Å²) in [6, 6.07) is 1.87. The molecule has 0 atom stereocenters. The number of aromatic amines is 1. The van der Waals surface area contributed by atoms with Gasteiger partial charge in [0.2, 0.25) is 4.96 Å². The van der Waals surface area contributed by atoms with Crippen molar-refractivity contribution in [2.75, 3.05) is 0 Å². The van der Waals surface area contributed by atoms with Gasteiger partial charge in [0.1, 0.15) is 10.5 Å². The first kappa shape index (κ1) is 8.60. The molecule has 0 aromatic carbocycles. The van der Waals surface area contributed by atoms with E-state index in [-0.39, 0.29) is 5.56 Å². The van der Waals surface area contributed by atoms with Crippen molar-refractivity contribution < 1.29 is 0 Å². The molecule has 0 spiro atoms. The summed E-state index contributed by atoms with van der Waals surface area (Å²) < 4.78 is 1.35. The number of aryl methyl sites for hydroxylation is 2. The molecule has 0 saturated heterocycles. The van der Waals surface area contributed by atoms with Gasteiger partial charge in [0.15, 0.2) is 0 Å². The highest BCUT2D eigenvalue weighted by Crippen LogP contribution is 2.14. The summed E-state index contributed by atoms with van der Waals surface area (Å²) in [7, 11) is 0. The molecule has 3 aromatic heterocycles. The van der Waals surface area contributed by atoms with Gasteiger partial charge in [-0.1, -0.05) is 11.3 Å². The van der Waals surface area contributed by atoms with Crippen molar-refractivity contribution in [2.24, 2.45) is 0 Å². The number of rotatable bonds is 0. The van der Waals surface area contributed by atoms with E-state index in [4.69, 9.17) is 0 Å². The molecule has 0 fully saturated rings. The molecular formula is C9H8N4OS. The zero-order valence-electron chi connectivity index (χ0n) is 8.24. The number of aromatic nitrogens is 4. The SMILES string of the molecule is Cc1cc2nc3sc(C)nn3c(=O)c2[nH]1. The Kier molecular flexibility index (Phi) is 1.53. The van der Waals surface area contributed by atoms with Crippen LogP contribution in [-0.2, 0) is 0 Å². The standard InChI is InChI=1S/C9H8N4OS/c1-4-3-6-7(10-4)8(14)13-9(11-6)15-5(2)12-13/h3,10H,1-2H3. The monoisotopic (exact) mass is 220 g/mol. The van der Waals surface area contributed by atoms with Gasteiger partial charge in [-0.15, -0.1) is 0 Å². The molecular weight excluding hydrogens is 212 g/mol. The zero-order chi connectivity index (χ0) is 10.6. The molecule has 1 N–H and O–H groups in total. The maximum absolute atomic E-state index is 12.0. The molecule has 0 radical (unpaired) electrons. The second kappa shape index (κ2) is 2.66. The van der Waals surface area contributed by atoms with Crippen LogP contribution in [0.1, 0.15) is 10.7 Å². The third kappa shape index (κ3) is 1.11. The molecule has 15 heavy (non-hydrogen) atoms. The van der Waals surface area contributed by atoms with Crippen molar-refractivity contribution in [2.45, 2.75) is 13.8 Å². The van der Waals surface area contributed by atoms with Crippen LogP contribution in [0.3, 0.4) is 0 Å². The molecule has 3 aromatic rings. The van der Waals surface area contributed by atoms with Crippen molar-refractivity contribution in [3.8, 4) is 0 Å². The average molecular weight is 220 g/mol. The van der Waals surface area contributed by atoms with E-state index >= 15 is 0 Å². The number of hydrogen-bond donors (Lipinski definition) is 1. The van der Waals surface area contributed by atoms with Gasteiger partial charge in [-0.05, 0) is 19.9 Å². The van der Waals surface area contributed by atoms with Crippen molar-refractivity contribution in [3.63, 3.8) is 0 Å². The molecule has 0 bridgehead atoms. The average Bonchev–Trinajstić information content (AvgIpc) is 2.69. The van der Waals surface area contributed by atoms with Crippen molar-refractivity contribution in [1.29, 1.82) is 0 Å². The first-order valence-electron chi connectivity index (χ1n) is 4.51. The summed E-state index contributed by atoms with van der Waals surface area (Å²) in [6.45, 7) is 3.76. The van der Waals surface area contributed by atoms with Gasteiger partial charge in [0.05, 0.1) is 5.52 Å². The summed E-state index contributed by atoms with van der Waals surface area (Å²) in [5.74, 6) is 0. The van der Waals surface area contributed by atoms with E-state index < -0.39 is 0 Å². The summed E-state index contributed by atoms with van der Waals surface area (Å²) in [5.41, 5.74) is 2.04. The molecule has 6 heteroatoms. The van der Waals surface area contributed by atoms with Crippen LogP contribution in [0, 0.1) is 13.8 Å². The quantitative estimate of drug-likeness (QED) is 0.620. The van der Waals surface area contributed by atoms with Crippen LogP contribution in [0.2, 0.25) is 0 Å². The second-order valence-electron chi connectivity index (χ2n) is 3.45. The topological polar surface area (TPSA) is 63.1 Å². The summed E-state index contributed by atoms with van der Waals surface area (Å²) in [4.78, 5) is 20.0. The van der Waals surface area contributed by atoms with Crippen LogP contribution in [0.25, 0.3) is 16.0 Å². The lowest BCUT2D eigenvalue weighted by Gasteiger charge is -1.89. The van der Waals surface area contributed by atoms with E-state index in [1.807, 2.05) is 19.9 Å². The van der Waals surface area contributed by atoms with E-state index in [1.54, 1.807) is 0 Å². The third-order valence-electron chi connectivity index (χ3n) is 2.21. The van der Waals surface area contributed by atoms with Crippen molar-refractivity contribution >= 4 is 27.3 Å². The number of nitrogens with one attached hydrogen (secondary N) is 1. The maximum Gasteiger partial charge on any atom is 0.299 e. The van der Waals surface area contributed by atoms with E-state index in [0.29, 0.717) is 16.0 Å². The number of H-pyrrole nitrogens is 1. The minimum absolute atomic E-state index is 0.132. The minimum atomic E-state index is -0.132. The maximum atomic E-state index is 12.0. The van der Waals surface area contributed by atoms with E-state index in [1.165, 1.54) is 15.9 Å². The molecule has 0 amide bonds. The molecule has 0 unspecified atom stereocenters. The molecule has 0 aliphatic rings. The molecule has 0 aliphatic carbocycles. The lowest BCUT2D eigenvalue weighted by atomic mass is 10.4. The highest BCUT2D eigenvalue weighted by Gasteiger charge is 2.10. The minimum Gasteiger partial charge on any atom is -0.353 e. The van der Waals surface area contributed by atoms with E-state index in [2.05, 4.69) is 15.1 Å². The van der Waals surface area contributed by atoms with Gasteiger partial charge in [-0.3, -0.25) is 4.79 Å². The summed E-state index contributed by atoms with van der Waals surface area (Å²) in [5, 5.41) is 4.95. The van der Waals surface area contributed by atoms with Crippen LogP contribution in [0.4, 0.5) is 0 Å². The summed E-state index contributed by atoms with van der Waals surface area (Å²) >= 11 is 1.42. The fraction of sp³-hybridized carbons (Fsp3) is 0.222. The number of nitrogens with zero attached hydrogens (tertiary/aromatic N) is 3. The van der Waals surface area contributed by atoms with E-state index in [0.717, 1.165) is 10.7 Å².